The van der Waals surface area contributed by atoms with Crippen LogP contribution in [0.5, 0.6) is 0 Å². The summed E-state index contributed by atoms with van der Waals surface area (Å²) in [5, 5.41) is 6.32. The van der Waals surface area contributed by atoms with Gasteiger partial charge in [-0.05, 0) is 38.5 Å². The van der Waals surface area contributed by atoms with E-state index >= 15 is 0 Å². The zero-order valence-electron chi connectivity index (χ0n) is 9.34. The Hall–Kier alpha value is -0.220. The molecule has 0 aromatic rings. The molecular weight excluding hydrogens is 208 g/mol. The van der Waals surface area contributed by atoms with Crippen LogP contribution in [-0.2, 0) is 4.79 Å². The first-order chi connectivity index (χ1) is 7.26. The molecule has 1 saturated carbocycles. The van der Waals surface area contributed by atoms with E-state index in [0.29, 0.717) is 4.75 Å². The zero-order chi connectivity index (χ0) is 10.7. The molecule has 2 fully saturated rings. The minimum atomic E-state index is 0.0731. The van der Waals surface area contributed by atoms with Crippen LogP contribution in [0.1, 0.15) is 32.1 Å². The summed E-state index contributed by atoms with van der Waals surface area (Å²) in [5.74, 6) is 0.202. The highest BCUT2D eigenvalue weighted by Gasteiger charge is 2.36. The number of carbonyl (C=O) groups is 1. The maximum Gasteiger partial charge on any atom is 0.237 e. The molecule has 1 aliphatic heterocycles. The van der Waals surface area contributed by atoms with Crippen LogP contribution in [0.2, 0.25) is 0 Å². The molecular formula is C11H20N2OS. The third kappa shape index (κ3) is 2.48. The Morgan fingerprint density at radius 3 is 2.80 bits per heavy atom. The van der Waals surface area contributed by atoms with E-state index in [4.69, 9.17) is 0 Å². The lowest BCUT2D eigenvalue weighted by molar-refractivity contribution is -0.123. The third-order valence-electron chi connectivity index (χ3n) is 3.66. The molecule has 0 bridgehead atoms. The number of rotatable bonds is 4. The fourth-order valence-electron chi connectivity index (χ4n) is 2.30. The van der Waals surface area contributed by atoms with Gasteiger partial charge in [-0.2, -0.15) is 11.8 Å². The first-order valence-electron chi connectivity index (χ1n) is 5.82. The van der Waals surface area contributed by atoms with Gasteiger partial charge in [0.2, 0.25) is 5.91 Å². The number of nitrogens with one attached hydrogen (secondary N) is 2. The second-order valence-electron chi connectivity index (χ2n) is 4.61. The summed E-state index contributed by atoms with van der Waals surface area (Å²) in [6, 6.07) is 0.0731. The number of thioether (sulfide) groups is 1. The summed E-state index contributed by atoms with van der Waals surface area (Å²) in [5.41, 5.74) is 0. The van der Waals surface area contributed by atoms with Crippen LogP contribution in [0.4, 0.5) is 0 Å². The second-order valence-corrected chi connectivity index (χ2v) is 5.88. The normalized spacial score (nSPS) is 28.5. The third-order valence-corrected chi connectivity index (χ3v) is 5.08. The number of hydrogen-bond donors (Lipinski definition) is 2. The van der Waals surface area contributed by atoms with Gasteiger partial charge in [0.05, 0.1) is 6.04 Å². The second kappa shape index (κ2) is 4.74. The Kier molecular flexibility index (Phi) is 3.57. The standard InChI is InChI=1S/C11H20N2OS/c1-15-11(5-3-6-11)8-13-10(14)9-4-2-7-12-9/h9,12H,2-8H2,1H3,(H,13,14). The van der Waals surface area contributed by atoms with Gasteiger partial charge in [0.15, 0.2) is 0 Å². The molecule has 2 aliphatic rings. The van der Waals surface area contributed by atoms with Crippen molar-refractivity contribution in [2.24, 2.45) is 0 Å². The van der Waals surface area contributed by atoms with Gasteiger partial charge < -0.3 is 10.6 Å². The molecule has 86 valence electrons. The number of amides is 1. The highest BCUT2D eigenvalue weighted by Crippen LogP contribution is 2.42. The predicted molar refractivity (Wildman–Crippen MR) is 64.1 cm³/mol. The molecule has 2 N–H and O–H groups in total. The average Bonchev–Trinajstić information content (AvgIpc) is 2.69. The Bertz CT molecular complexity index is 229. The highest BCUT2D eigenvalue weighted by molar-refractivity contribution is 8.00. The van der Waals surface area contributed by atoms with E-state index < -0.39 is 0 Å². The lowest BCUT2D eigenvalue weighted by Gasteiger charge is -2.40. The van der Waals surface area contributed by atoms with Crippen molar-refractivity contribution < 1.29 is 4.79 Å². The van der Waals surface area contributed by atoms with Gasteiger partial charge in [0.1, 0.15) is 0 Å². The van der Waals surface area contributed by atoms with E-state index in [9.17, 15) is 4.79 Å². The summed E-state index contributed by atoms with van der Waals surface area (Å²) in [4.78, 5) is 11.8. The maximum atomic E-state index is 11.8. The van der Waals surface area contributed by atoms with Crippen LogP contribution in [0.25, 0.3) is 0 Å². The molecule has 4 heteroatoms. The number of carbonyl (C=O) groups excluding carboxylic acids is 1. The molecule has 1 heterocycles. The Morgan fingerprint density at radius 2 is 2.33 bits per heavy atom. The van der Waals surface area contributed by atoms with Crippen molar-refractivity contribution in [3.8, 4) is 0 Å². The van der Waals surface area contributed by atoms with Crippen LogP contribution in [0.15, 0.2) is 0 Å². The Labute approximate surface area is 95.8 Å². The molecule has 1 unspecified atom stereocenters. The van der Waals surface area contributed by atoms with Crippen LogP contribution in [0, 0.1) is 0 Å². The molecule has 1 amide bonds. The summed E-state index contributed by atoms with van der Waals surface area (Å²) < 4.78 is 0.355. The lowest BCUT2D eigenvalue weighted by atomic mass is 9.84. The van der Waals surface area contributed by atoms with Gasteiger partial charge in [-0.25, -0.2) is 0 Å². The van der Waals surface area contributed by atoms with Crippen molar-refractivity contribution in [2.45, 2.75) is 42.9 Å². The first kappa shape index (κ1) is 11.3. The average molecular weight is 228 g/mol. The van der Waals surface area contributed by atoms with Crippen LogP contribution >= 0.6 is 11.8 Å². The van der Waals surface area contributed by atoms with Crippen LogP contribution < -0.4 is 10.6 Å². The first-order valence-corrected chi connectivity index (χ1v) is 7.04. The van der Waals surface area contributed by atoms with Crippen molar-refractivity contribution in [3.63, 3.8) is 0 Å². The summed E-state index contributed by atoms with van der Waals surface area (Å²) in [6.07, 6.45) is 8.11. The van der Waals surface area contributed by atoms with Gasteiger partial charge in [0, 0.05) is 11.3 Å². The van der Waals surface area contributed by atoms with Crippen molar-refractivity contribution in [1.82, 2.24) is 10.6 Å². The molecule has 3 nitrogen and oxygen atoms in total. The highest BCUT2D eigenvalue weighted by atomic mass is 32.2. The van der Waals surface area contributed by atoms with Crippen LogP contribution in [0.3, 0.4) is 0 Å². The van der Waals surface area contributed by atoms with Crippen molar-refractivity contribution in [2.75, 3.05) is 19.3 Å². The molecule has 0 radical (unpaired) electrons. The van der Waals surface area contributed by atoms with Gasteiger partial charge in [-0.3, -0.25) is 4.79 Å². The smallest absolute Gasteiger partial charge is 0.237 e. The van der Waals surface area contributed by atoms with Gasteiger partial charge in [-0.1, -0.05) is 6.42 Å². The summed E-state index contributed by atoms with van der Waals surface area (Å²) >= 11 is 1.91. The molecule has 15 heavy (non-hydrogen) atoms. The minimum absolute atomic E-state index is 0.0731. The quantitative estimate of drug-likeness (QED) is 0.758. The monoisotopic (exact) mass is 228 g/mol. The Balaban J connectivity index is 1.74. The summed E-state index contributed by atoms with van der Waals surface area (Å²) in [7, 11) is 0. The van der Waals surface area contributed by atoms with Gasteiger partial charge in [0.25, 0.3) is 0 Å². The van der Waals surface area contributed by atoms with Crippen LogP contribution in [-0.4, -0.2) is 36.0 Å². The molecule has 2 rings (SSSR count). The van der Waals surface area contributed by atoms with E-state index in [2.05, 4.69) is 16.9 Å². The SMILES string of the molecule is CSC1(CNC(=O)C2CCCN2)CCC1. The molecule has 0 aromatic carbocycles. The van der Waals surface area contributed by atoms with Gasteiger partial charge >= 0.3 is 0 Å². The topological polar surface area (TPSA) is 41.1 Å². The Morgan fingerprint density at radius 1 is 1.53 bits per heavy atom. The fourth-order valence-corrected chi connectivity index (χ4v) is 3.22. The molecule has 1 aliphatic carbocycles. The van der Waals surface area contributed by atoms with Crippen molar-refractivity contribution in [1.29, 1.82) is 0 Å². The van der Waals surface area contributed by atoms with E-state index in [-0.39, 0.29) is 11.9 Å². The number of hydrogen-bond acceptors (Lipinski definition) is 3. The van der Waals surface area contributed by atoms with E-state index in [1.165, 1.54) is 19.3 Å². The minimum Gasteiger partial charge on any atom is -0.353 e. The van der Waals surface area contributed by atoms with E-state index in [1.807, 2.05) is 11.8 Å². The zero-order valence-corrected chi connectivity index (χ0v) is 10.2. The maximum absolute atomic E-state index is 11.8. The molecule has 0 aromatic heterocycles. The fraction of sp³-hybridized carbons (Fsp3) is 0.909. The van der Waals surface area contributed by atoms with E-state index in [0.717, 1.165) is 25.9 Å². The molecule has 1 atom stereocenters. The molecule has 1 saturated heterocycles. The predicted octanol–water partition coefficient (Wildman–Crippen LogP) is 1.14. The van der Waals surface area contributed by atoms with Gasteiger partial charge in [-0.15, -0.1) is 0 Å². The van der Waals surface area contributed by atoms with Crippen molar-refractivity contribution >= 4 is 17.7 Å². The molecule has 0 spiro atoms. The lowest BCUT2D eigenvalue weighted by Crippen LogP contribution is -2.49. The van der Waals surface area contributed by atoms with E-state index in [1.54, 1.807) is 0 Å². The van der Waals surface area contributed by atoms with Crippen molar-refractivity contribution in [3.05, 3.63) is 0 Å². The largest absolute Gasteiger partial charge is 0.353 e. The summed E-state index contributed by atoms with van der Waals surface area (Å²) in [6.45, 7) is 1.84.